The number of hydrogen-bond donors (Lipinski definition) is 1. The molecule has 3 rings (SSSR count). The van der Waals surface area contributed by atoms with Crippen LogP contribution in [-0.2, 0) is 5.41 Å². The number of anilines is 1. The third-order valence-corrected chi connectivity index (χ3v) is 6.19. The Morgan fingerprint density at radius 3 is 2.65 bits per heavy atom. The Morgan fingerprint density at radius 2 is 2.04 bits per heavy atom. The van der Waals surface area contributed by atoms with Crippen LogP contribution in [0.25, 0.3) is 0 Å². The smallest absolute Gasteiger partial charge is 0.191 e. The molecule has 0 atom stereocenters. The van der Waals surface area contributed by atoms with Crippen LogP contribution in [0.1, 0.15) is 18.7 Å². The average Bonchev–Trinajstić information content (AvgIpc) is 3.26. The molecule has 7 heteroatoms. The third kappa shape index (κ3) is 3.84. The van der Waals surface area contributed by atoms with E-state index in [2.05, 4.69) is 51.1 Å². The fraction of sp³-hybridized carbons (Fsp3) is 0.500. The SMILES string of the molecule is CC(C)(CN=C(N)N1CCN(c2nccs2)CC1)c1cccs1. The van der Waals surface area contributed by atoms with Crippen LogP contribution in [0, 0.1) is 0 Å². The van der Waals surface area contributed by atoms with Gasteiger partial charge in [-0.25, -0.2) is 4.98 Å². The molecule has 0 radical (unpaired) electrons. The first-order chi connectivity index (χ1) is 11.1. The fourth-order valence-electron chi connectivity index (χ4n) is 2.62. The van der Waals surface area contributed by atoms with Crippen molar-refractivity contribution in [2.24, 2.45) is 10.7 Å². The molecule has 0 aliphatic carbocycles. The van der Waals surface area contributed by atoms with Crippen LogP contribution in [-0.4, -0.2) is 48.6 Å². The van der Waals surface area contributed by atoms with Crippen molar-refractivity contribution in [1.82, 2.24) is 9.88 Å². The molecule has 2 aromatic rings. The first-order valence-corrected chi connectivity index (χ1v) is 9.55. The van der Waals surface area contributed by atoms with Crippen LogP contribution in [0.2, 0.25) is 0 Å². The number of thiophene rings is 1. The number of nitrogens with zero attached hydrogens (tertiary/aromatic N) is 4. The van der Waals surface area contributed by atoms with Gasteiger partial charge in [0.1, 0.15) is 0 Å². The van der Waals surface area contributed by atoms with Crippen molar-refractivity contribution in [1.29, 1.82) is 0 Å². The number of thiazole rings is 1. The highest BCUT2D eigenvalue weighted by molar-refractivity contribution is 7.13. The topological polar surface area (TPSA) is 57.8 Å². The van der Waals surface area contributed by atoms with Crippen molar-refractivity contribution in [3.8, 4) is 0 Å². The minimum absolute atomic E-state index is 0.0293. The van der Waals surface area contributed by atoms with Gasteiger partial charge in [0.05, 0.1) is 6.54 Å². The van der Waals surface area contributed by atoms with Crippen LogP contribution >= 0.6 is 22.7 Å². The van der Waals surface area contributed by atoms with Crippen molar-refractivity contribution in [3.05, 3.63) is 34.0 Å². The number of aliphatic imine (C=N–C) groups is 1. The van der Waals surface area contributed by atoms with Gasteiger partial charge in [-0.2, -0.15) is 0 Å². The summed E-state index contributed by atoms with van der Waals surface area (Å²) in [5, 5.41) is 5.23. The van der Waals surface area contributed by atoms with E-state index in [-0.39, 0.29) is 5.41 Å². The Kier molecular flexibility index (Phi) is 4.87. The standard InChI is InChI=1S/C16H23N5S2/c1-16(2,13-4-3-10-22-13)12-19-14(17)20-6-8-21(9-7-20)15-18-5-11-23-15/h3-5,10-11H,6-9,12H2,1-2H3,(H2,17,19). The van der Waals surface area contributed by atoms with Crippen molar-refractivity contribution in [3.63, 3.8) is 0 Å². The highest BCUT2D eigenvalue weighted by Gasteiger charge is 2.23. The maximum absolute atomic E-state index is 6.22. The molecule has 3 heterocycles. The second-order valence-corrected chi connectivity index (χ2v) is 8.15. The minimum atomic E-state index is 0.0293. The lowest BCUT2D eigenvalue weighted by Gasteiger charge is -2.35. The van der Waals surface area contributed by atoms with E-state index in [1.54, 1.807) is 22.7 Å². The Balaban J connectivity index is 1.55. The van der Waals surface area contributed by atoms with E-state index in [0.29, 0.717) is 12.5 Å². The molecule has 23 heavy (non-hydrogen) atoms. The van der Waals surface area contributed by atoms with E-state index < -0.39 is 0 Å². The summed E-state index contributed by atoms with van der Waals surface area (Å²) < 4.78 is 0. The van der Waals surface area contributed by atoms with Gasteiger partial charge in [-0.1, -0.05) is 19.9 Å². The molecule has 5 nitrogen and oxygen atoms in total. The number of aromatic nitrogens is 1. The molecular weight excluding hydrogens is 326 g/mol. The van der Waals surface area contributed by atoms with Gasteiger partial charge in [0.2, 0.25) is 0 Å². The maximum Gasteiger partial charge on any atom is 0.191 e. The summed E-state index contributed by atoms with van der Waals surface area (Å²) in [6, 6.07) is 4.26. The highest BCUT2D eigenvalue weighted by Crippen LogP contribution is 2.27. The van der Waals surface area contributed by atoms with Gasteiger partial charge in [0.15, 0.2) is 11.1 Å². The highest BCUT2D eigenvalue weighted by atomic mass is 32.1. The number of hydrogen-bond acceptors (Lipinski definition) is 5. The lowest BCUT2D eigenvalue weighted by molar-refractivity contribution is 0.378. The predicted molar refractivity (Wildman–Crippen MR) is 99.7 cm³/mol. The van der Waals surface area contributed by atoms with E-state index in [0.717, 1.165) is 31.3 Å². The molecule has 0 amide bonds. The number of guanidine groups is 1. The van der Waals surface area contributed by atoms with Crippen molar-refractivity contribution < 1.29 is 0 Å². The van der Waals surface area contributed by atoms with Gasteiger partial charge in [-0.05, 0) is 11.4 Å². The van der Waals surface area contributed by atoms with E-state index in [9.17, 15) is 0 Å². The Labute approximate surface area is 145 Å². The van der Waals surface area contributed by atoms with Crippen LogP contribution in [0.4, 0.5) is 5.13 Å². The molecule has 1 saturated heterocycles. The molecule has 0 unspecified atom stereocenters. The molecule has 1 fully saturated rings. The molecule has 0 saturated carbocycles. The van der Waals surface area contributed by atoms with Crippen LogP contribution in [0.15, 0.2) is 34.1 Å². The van der Waals surface area contributed by atoms with Crippen molar-refractivity contribution in [2.45, 2.75) is 19.3 Å². The quantitative estimate of drug-likeness (QED) is 0.681. The zero-order valence-electron chi connectivity index (χ0n) is 13.6. The van der Waals surface area contributed by atoms with Gasteiger partial charge in [-0.3, -0.25) is 4.99 Å². The molecule has 2 N–H and O–H groups in total. The Hall–Kier alpha value is -1.60. The van der Waals surface area contributed by atoms with Gasteiger partial charge < -0.3 is 15.5 Å². The first-order valence-electron chi connectivity index (χ1n) is 7.79. The van der Waals surface area contributed by atoms with E-state index >= 15 is 0 Å². The molecule has 0 aromatic carbocycles. The van der Waals surface area contributed by atoms with Crippen LogP contribution < -0.4 is 10.6 Å². The lowest BCUT2D eigenvalue weighted by Crippen LogP contribution is -2.51. The predicted octanol–water partition coefficient (Wildman–Crippen LogP) is 2.62. The molecular formula is C16H23N5S2. The summed E-state index contributed by atoms with van der Waals surface area (Å²) in [5.74, 6) is 0.661. The van der Waals surface area contributed by atoms with Crippen LogP contribution in [0.5, 0.6) is 0 Å². The molecule has 1 aliphatic heterocycles. The normalized spacial score (nSPS) is 16.9. The first kappa shape index (κ1) is 16.3. The third-order valence-electron chi connectivity index (χ3n) is 4.12. The monoisotopic (exact) mass is 349 g/mol. The number of rotatable bonds is 4. The fourth-order valence-corrected chi connectivity index (χ4v) is 4.16. The average molecular weight is 350 g/mol. The van der Waals surface area contributed by atoms with Gasteiger partial charge in [0.25, 0.3) is 0 Å². The van der Waals surface area contributed by atoms with E-state index in [1.807, 2.05) is 11.6 Å². The van der Waals surface area contributed by atoms with Crippen molar-refractivity contribution >= 4 is 33.8 Å². The summed E-state index contributed by atoms with van der Waals surface area (Å²) >= 11 is 3.47. The van der Waals surface area contributed by atoms with E-state index in [1.165, 1.54) is 4.88 Å². The Morgan fingerprint density at radius 1 is 1.26 bits per heavy atom. The molecule has 2 aromatic heterocycles. The molecule has 0 bridgehead atoms. The van der Waals surface area contributed by atoms with E-state index in [4.69, 9.17) is 5.73 Å². The zero-order chi connectivity index (χ0) is 16.3. The van der Waals surface area contributed by atoms with Gasteiger partial charge in [0, 0.05) is 48.0 Å². The summed E-state index contributed by atoms with van der Waals surface area (Å²) in [7, 11) is 0. The second kappa shape index (κ2) is 6.88. The summed E-state index contributed by atoms with van der Waals surface area (Å²) in [6.07, 6.45) is 1.86. The van der Waals surface area contributed by atoms with Gasteiger partial charge in [-0.15, -0.1) is 22.7 Å². The molecule has 124 valence electrons. The minimum Gasteiger partial charge on any atom is -0.370 e. The Bertz CT molecular complexity index is 625. The van der Waals surface area contributed by atoms with Crippen LogP contribution in [0.3, 0.4) is 0 Å². The summed E-state index contributed by atoms with van der Waals surface area (Å²) in [6.45, 7) is 8.83. The summed E-state index contributed by atoms with van der Waals surface area (Å²) in [4.78, 5) is 14.9. The molecule has 1 aliphatic rings. The number of piperazine rings is 1. The van der Waals surface area contributed by atoms with Gasteiger partial charge >= 0.3 is 0 Å². The second-order valence-electron chi connectivity index (χ2n) is 6.32. The zero-order valence-corrected chi connectivity index (χ0v) is 15.2. The van der Waals surface area contributed by atoms with Crippen molar-refractivity contribution in [2.75, 3.05) is 37.6 Å². The summed E-state index contributed by atoms with van der Waals surface area (Å²) in [5.41, 5.74) is 6.25. The lowest BCUT2D eigenvalue weighted by atomic mass is 9.92. The largest absolute Gasteiger partial charge is 0.370 e. The number of nitrogens with two attached hydrogens (primary N) is 1. The molecule has 0 spiro atoms. The maximum atomic E-state index is 6.22.